The Hall–Kier alpha value is -2.96. The van der Waals surface area contributed by atoms with E-state index in [0.29, 0.717) is 23.7 Å². The van der Waals surface area contributed by atoms with Crippen LogP contribution in [0.2, 0.25) is 0 Å². The molecule has 3 aromatic carbocycles. The Morgan fingerprint density at radius 3 is 2.29 bits per heavy atom. The zero-order valence-corrected chi connectivity index (χ0v) is 21.1. The Labute approximate surface area is 211 Å². The molecule has 1 heterocycles. The number of hydrogen-bond acceptors (Lipinski definition) is 3. The lowest BCUT2D eigenvalue weighted by Crippen LogP contribution is -2.29. The first-order valence-electron chi connectivity index (χ1n) is 11.2. The normalized spacial score (nSPS) is 13.7. The fraction of sp³-hybridized carbons (Fsp3) is 0.286. The molecule has 0 aromatic heterocycles. The van der Waals surface area contributed by atoms with E-state index in [0.717, 1.165) is 23.7 Å². The van der Waals surface area contributed by atoms with Gasteiger partial charge in [0.2, 0.25) is 0 Å². The molecular formula is C28H31ClF3NO2. The predicted molar refractivity (Wildman–Crippen MR) is 137 cm³/mol. The molecule has 0 fully saturated rings. The van der Waals surface area contributed by atoms with Crippen molar-refractivity contribution in [3.8, 4) is 11.5 Å². The molecule has 188 valence electrons. The van der Waals surface area contributed by atoms with Gasteiger partial charge in [0, 0.05) is 18.2 Å². The summed E-state index contributed by atoms with van der Waals surface area (Å²) in [5, 5.41) is 3.08. The number of nitrogens with one attached hydrogen (secondary N) is 1. The van der Waals surface area contributed by atoms with Crippen LogP contribution in [0, 0.1) is 0 Å². The molecule has 0 radical (unpaired) electrons. The molecule has 3 nitrogen and oxygen atoms in total. The van der Waals surface area contributed by atoms with E-state index in [1.807, 2.05) is 58.2 Å². The van der Waals surface area contributed by atoms with Crippen LogP contribution in [0.15, 0.2) is 78.9 Å². The molecule has 1 N–H and O–H groups in total. The SMILES string of the molecule is CCOc1ccc2c(c1)OC(C)(C)C=C2c1cccc(C(F)(F)F)c1.CNCc1ccccc1.Cl. The molecule has 0 aliphatic carbocycles. The van der Waals surface area contributed by atoms with Gasteiger partial charge >= 0.3 is 6.18 Å². The molecule has 1 aliphatic heterocycles. The van der Waals surface area contributed by atoms with E-state index in [9.17, 15) is 13.2 Å². The molecule has 0 unspecified atom stereocenters. The van der Waals surface area contributed by atoms with Gasteiger partial charge in [-0.25, -0.2) is 0 Å². The molecule has 0 bridgehead atoms. The highest BCUT2D eigenvalue weighted by molar-refractivity contribution is 5.85. The minimum atomic E-state index is -4.38. The van der Waals surface area contributed by atoms with E-state index in [-0.39, 0.29) is 12.4 Å². The van der Waals surface area contributed by atoms with Crippen LogP contribution in [0.3, 0.4) is 0 Å². The van der Waals surface area contributed by atoms with Gasteiger partial charge in [0.15, 0.2) is 0 Å². The summed E-state index contributed by atoms with van der Waals surface area (Å²) in [6.07, 6.45) is -2.52. The second-order valence-electron chi connectivity index (χ2n) is 8.45. The number of benzene rings is 3. The van der Waals surface area contributed by atoms with Crippen molar-refractivity contribution >= 4 is 18.0 Å². The topological polar surface area (TPSA) is 30.5 Å². The van der Waals surface area contributed by atoms with Crippen molar-refractivity contribution in [2.45, 2.75) is 39.1 Å². The number of rotatable bonds is 5. The van der Waals surface area contributed by atoms with Gasteiger partial charge in [-0.15, -0.1) is 12.4 Å². The van der Waals surface area contributed by atoms with Crippen molar-refractivity contribution in [2.75, 3.05) is 13.7 Å². The highest BCUT2D eigenvalue weighted by atomic mass is 35.5. The van der Waals surface area contributed by atoms with Gasteiger partial charge in [-0.2, -0.15) is 13.2 Å². The molecule has 0 amide bonds. The van der Waals surface area contributed by atoms with Crippen LogP contribution in [-0.4, -0.2) is 19.3 Å². The van der Waals surface area contributed by atoms with E-state index >= 15 is 0 Å². The highest BCUT2D eigenvalue weighted by Gasteiger charge is 2.32. The van der Waals surface area contributed by atoms with Crippen LogP contribution < -0.4 is 14.8 Å². The smallest absolute Gasteiger partial charge is 0.416 e. The van der Waals surface area contributed by atoms with Gasteiger partial charge in [-0.3, -0.25) is 0 Å². The number of hydrogen-bond donors (Lipinski definition) is 1. The first-order valence-corrected chi connectivity index (χ1v) is 11.2. The van der Waals surface area contributed by atoms with E-state index < -0.39 is 17.3 Å². The summed E-state index contributed by atoms with van der Waals surface area (Å²) in [6, 6.07) is 21.1. The third-order valence-corrected chi connectivity index (χ3v) is 5.14. The van der Waals surface area contributed by atoms with Gasteiger partial charge in [0.1, 0.15) is 17.1 Å². The van der Waals surface area contributed by atoms with Gasteiger partial charge in [0.25, 0.3) is 0 Å². The fourth-order valence-corrected chi connectivity index (χ4v) is 3.71. The van der Waals surface area contributed by atoms with Crippen molar-refractivity contribution in [3.63, 3.8) is 0 Å². The zero-order valence-electron chi connectivity index (χ0n) is 20.3. The monoisotopic (exact) mass is 505 g/mol. The lowest BCUT2D eigenvalue weighted by Gasteiger charge is -2.31. The lowest BCUT2D eigenvalue weighted by atomic mass is 9.89. The summed E-state index contributed by atoms with van der Waals surface area (Å²) in [6.45, 7) is 7.12. The third-order valence-electron chi connectivity index (χ3n) is 5.14. The summed E-state index contributed by atoms with van der Waals surface area (Å²) >= 11 is 0. The Kier molecular flexibility index (Phi) is 9.81. The Morgan fingerprint density at radius 1 is 0.943 bits per heavy atom. The molecule has 4 rings (SSSR count). The molecule has 0 saturated heterocycles. The van der Waals surface area contributed by atoms with Crippen molar-refractivity contribution in [1.29, 1.82) is 0 Å². The van der Waals surface area contributed by atoms with Crippen molar-refractivity contribution < 1.29 is 22.6 Å². The van der Waals surface area contributed by atoms with Gasteiger partial charge in [0.05, 0.1) is 12.2 Å². The summed E-state index contributed by atoms with van der Waals surface area (Å²) < 4.78 is 50.7. The maximum atomic E-state index is 13.1. The zero-order chi connectivity index (χ0) is 24.8. The van der Waals surface area contributed by atoms with Crippen LogP contribution in [0.25, 0.3) is 5.57 Å². The minimum Gasteiger partial charge on any atom is -0.494 e. The predicted octanol–water partition coefficient (Wildman–Crippen LogP) is 7.53. The maximum Gasteiger partial charge on any atom is 0.416 e. The Bertz CT molecular complexity index is 1130. The van der Waals surface area contributed by atoms with Gasteiger partial charge < -0.3 is 14.8 Å². The molecule has 35 heavy (non-hydrogen) atoms. The van der Waals surface area contributed by atoms with Crippen LogP contribution in [0.5, 0.6) is 11.5 Å². The van der Waals surface area contributed by atoms with Crippen LogP contribution in [0.4, 0.5) is 13.2 Å². The van der Waals surface area contributed by atoms with E-state index in [1.165, 1.54) is 17.7 Å². The second-order valence-corrected chi connectivity index (χ2v) is 8.45. The summed E-state index contributed by atoms with van der Waals surface area (Å²) in [4.78, 5) is 0. The number of ether oxygens (including phenoxy) is 2. The number of halogens is 4. The summed E-state index contributed by atoms with van der Waals surface area (Å²) in [5.41, 5.74) is 2.02. The van der Waals surface area contributed by atoms with E-state index in [1.54, 1.807) is 18.2 Å². The van der Waals surface area contributed by atoms with Crippen LogP contribution in [0.1, 0.15) is 43.0 Å². The van der Waals surface area contributed by atoms with Crippen molar-refractivity contribution in [2.24, 2.45) is 0 Å². The summed E-state index contributed by atoms with van der Waals surface area (Å²) in [7, 11) is 1.95. The number of alkyl halides is 3. The maximum absolute atomic E-state index is 13.1. The fourth-order valence-electron chi connectivity index (χ4n) is 3.71. The van der Waals surface area contributed by atoms with Crippen LogP contribution in [-0.2, 0) is 12.7 Å². The van der Waals surface area contributed by atoms with Crippen molar-refractivity contribution in [1.82, 2.24) is 5.32 Å². The average molecular weight is 506 g/mol. The standard InChI is InChI=1S/C20H19F3O2.C8H11N.ClH/c1-4-24-15-8-9-16-17(12-19(2,3)25-18(16)11-15)13-6-5-7-14(10-13)20(21,22)23;1-9-7-8-5-3-2-4-6-8;/h5-12H,4H2,1-3H3;2-6,9H,7H2,1H3;1H. The summed E-state index contributed by atoms with van der Waals surface area (Å²) in [5.74, 6) is 1.27. The van der Waals surface area contributed by atoms with E-state index in [2.05, 4.69) is 17.4 Å². The Balaban J connectivity index is 0.000000366. The molecule has 0 atom stereocenters. The van der Waals surface area contributed by atoms with Gasteiger partial charge in [-0.05, 0) is 74.9 Å². The van der Waals surface area contributed by atoms with E-state index in [4.69, 9.17) is 9.47 Å². The molecular weight excluding hydrogens is 475 g/mol. The first kappa shape index (κ1) is 28.3. The van der Waals surface area contributed by atoms with Gasteiger partial charge in [-0.1, -0.05) is 42.5 Å². The number of fused-ring (bicyclic) bond motifs is 1. The Morgan fingerprint density at radius 2 is 1.66 bits per heavy atom. The quantitative estimate of drug-likeness (QED) is 0.388. The largest absolute Gasteiger partial charge is 0.494 e. The first-order chi connectivity index (χ1) is 16.1. The van der Waals surface area contributed by atoms with Crippen LogP contribution >= 0.6 is 12.4 Å². The molecule has 3 aromatic rings. The molecule has 0 spiro atoms. The third kappa shape index (κ3) is 7.77. The highest BCUT2D eigenvalue weighted by Crippen LogP contribution is 2.42. The molecule has 7 heteroatoms. The molecule has 0 saturated carbocycles. The second kappa shape index (κ2) is 12.1. The minimum absolute atomic E-state index is 0. The van der Waals surface area contributed by atoms with Crippen molar-refractivity contribution in [3.05, 3.63) is 101 Å². The molecule has 1 aliphatic rings. The lowest BCUT2D eigenvalue weighted by molar-refractivity contribution is -0.137. The average Bonchev–Trinajstić information content (AvgIpc) is 2.79.